The molecule has 2 aliphatic rings. The Labute approximate surface area is 115 Å². The normalized spacial score (nSPS) is 29.1. The second-order valence-electron chi connectivity index (χ2n) is 6.15. The third-order valence-electron chi connectivity index (χ3n) is 4.66. The van der Waals surface area contributed by atoms with Gasteiger partial charge in [0.25, 0.3) is 0 Å². The van der Waals surface area contributed by atoms with E-state index in [9.17, 15) is 9.90 Å². The third kappa shape index (κ3) is 3.09. The lowest BCUT2D eigenvalue weighted by Gasteiger charge is -2.42. The summed E-state index contributed by atoms with van der Waals surface area (Å²) in [7, 11) is 2.14. The Balaban J connectivity index is 2.05. The van der Waals surface area contributed by atoms with Crippen LogP contribution in [0, 0.1) is 5.92 Å². The number of nitrogens with zero attached hydrogens (tertiary/aromatic N) is 2. The van der Waals surface area contributed by atoms with Gasteiger partial charge < -0.3 is 15.3 Å². The molecule has 0 amide bonds. The summed E-state index contributed by atoms with van der Waals surface area (Å²) in [6.07, 6.45) is 2.09. The van der Waals surface area contributed by atoms with Crippen LogP contribution in [0.4, 0.5) is 0 Å². The molecule has 0 aromatic rings. The molecule has 19 heavy (non-hydrogen) atoms. The fourth-order valence-corrected chi connectivity index (χ4v) is 3.16. The van der Waals surface area contributed by atoms with Gasteiger partial charge in [0.1, 0.15) is 5.54 Å². The zero-order valence-electron chi connectivity index (χ0n) is 12.4. The fraction of sp³-hybridized carbons (Fsp3) is 0.929. The molecule has 110 valence electrons. The highest BCUT2D eigenvalue weighted by atomic mass is 16.4. The van der Waals surface area contributed by atoms with Gasteiger partial charge in [-0.25, -0.2) is 0 Å². The Morgan fingerprint density at radius 2 is 2.11 bits per heavy atom. The number of carboxylic acids is 1. The Bertz CT molecular complexity index is 333. The molecular formula is C14H27N3O2. The molecule has 0 aromatic heterocycles. The van der Waals surface area contributed by atoms with Gasteiger partial charge >= 0.3 is 5.97 Å². The summed E-state index contributed by atoms with van der Waals surface area (Å²) in [5.74, 6) is -0.372. The molecule has 2 N–H and O–H groups in total. The van der Waals surface area contributed by atoms with Gasteiger partial charge in [0.15, 0.2) is 0 Å². The van der Waals surface area contributed by atoms with E-state index >= 15 is 0 Å². The second kappa shape index (κ2) is 5.77. The summed E-state index contributed by atoms with van der Waals surface area (Å²) in [4.78, 5) is 16.5. The van der Waals surface area contributed by atoms with Gasteiger partial charge in [0, 0.05) is 32.2 Å². The summed E-state index contributed by atoms with van der Waals surface area (Å²) in [6, 6.07) is 0.501. The quantitative estimate of drug-likeness (QED) is 0.734. The van der Waals surface area contributed by atoms with Crippen LogP contribution in [0.3, 0.4) is 0 Å². The van der Waals surface area contributed by atoms with Crippen molar-refractivity contribution in [2.75, 3.05) is 39.8 Å². The van der Waals surface area contributed by atoms with Gasteiger partial charge in [-0.1, -0.05) is 6.92 Å². The highest BCUT2D eigenvalue weighted by molar-refractivity contribution is 5.80. The van der Waals surface area contributed by atoms with E-state index in [1.54, 1.807) is 0 Å². The molecule has 2 unspecified atom stereocenters. The summed E-state index contributed by atoms with van der Waals surface area (Å²) in [5.41, 5.74) is -0.732. The number of hydrogen-bond donors (Lipinski definition) is 2. The van der Waals surface area contributed by atoms with Crippen molar-refractivity contribution in [3.63, 3.8) is 0 Å². The summed E-state index contributed by atoms with van der Waals surface area (Å²) >= 11 is 0. The van der Waals surface area contributed by atoms with Crippen LogP contribution in [-0.2, 0) is 4.79 Å². The molecule has 5 nitrogen and oxygen atoms in total. The fourth-order valence-electron chi connectivity index (χ4n) is 3.16. The lowest BCUT2D eigenvalue weighted by molar-refractivity contribution is -0.147. The van der Waals surface area contributed by atoms with E-state index in [4.69, 9.17) is 0 Å². The Hall–Kier alpha value is -0.650. The molecule has 1 aliphatic heterocycles. The molecule has 2 fully saturated rings. The van der Waals surface area contributed by atoms with Crippen LogP contribution < -0.4 is 5.32 Å². The maximum absolute atomic E-state index is 11.8. The monoisotopic (exact) mass is 269 g/mol. The number of piperazine rings is 1. The van der Waals surface area contributed by atoms with E-state index in [2.05, 4.69) is 29.1 Å². The summed E-state index contributed by atoms with van der Waals surface area (Å²) < 4.78 is 0. The zero-order chi connectivity index (χ0) is 14.0. The van der Waals surface area contributed by atoms with Crippen LogP contribution >= 0.6 is 0 Å². The molecular weight excluding hydrogens is 242 g/mol. The number of aliphatic carboxylic acids is 1. The van der Waals surface area contributed by atoms with Crippen LogP contribution in [0.5, 0.6) is 0 Å². The minimum Gasteiger partial charge on any atom is -0.480 e. The van der Waals surface area contributed by atoms with Gasteiger partial charge in [-0.2, -0.15) is 0 Å². The summed E-state index contributed by atoms with van der Waals surface area (Å²) in [5, 5.41) is 13.0. The molecule has 0 radical (unpaired) electrons. The molecule has 0 bridgehead atoms. The van der Waals surface area contributed by atoms with Crippen molar-refractivity contribution in [1.29, 1.82) is 0 Å². The van der Waals surface area contributed by atoms with Crippen LogP contribution in [0.15, 0.2) is 0 Å². The van der Waals surface area contributed by atoms with E-state index in [0.717, 1.165) is 32.5 Å². The third-order valence-corrected chi connectivity index (χ3v) is 4.66. The van der Waals surface area contributed by atoms with Crippen LogP contribution in [-0.4, -0.2) is 72.2 Å². The first-order valence-corrected chi connectivity index (χ1v) is 7.40. The molecule has 5 heteroatoms. The van der Waals surface area contributed by atoms with Gasteiger partial charge in [-0.3, -0.25) is 9.69 Å². The van der Waals surface area contributed by atoms with Crippen LogP contribution in [0.2, 0.25) is 0 Å². The summed E-state index contributed by atoms with van der Waals surface area (Å²) in [6.45, 7) is 8.50. The van der Waals surface area contributed by atoms with Gasteiger partial charge in [-0.15, -0.1) is 0 Å². The van der Waals surface area contributed by atoms with Crippen LogP contribution in [0.25, 0.3) is 0 Å². The highest BCUT2D eigenvalue weighted by Crippen LogP contribution is 2.40. The molecule has 2 rings (SSSR count). The van der Waals surface area contributed by atoms with Crippen molar-refractivity contribution in [3.8, 4) is 0 Å². The lowest BCUT2D eigenvalue weighted by Crippen LogP contribution is -2.63. The van der Waals surface area contributed by atoms with E-state index in [-0.39, 0.29) is 0 Å². The van der Waals surface area contributed by atoms with Crippen LogP contribution in [0.1, 0.15) is 26.7 Å². The van der Waals surface area contributed by atoms with Crippen molar-refractivity contribution < 1.29 is 9.90 Å². The molecule has 1 heterocycles. The van der Waals surface area contributed by atoms with Gasteiger partial charge in [-0.05, 0) is 39.3 Å². The molecule has 1 saturated carbocycles. The zero-order valence-corrected chi connectivity index (χ0v) is 12.4. The highest BCUT2D eigenvalue weighted by Gasteiger charge is 2.51. The molecule has 1 aliphatic carbocycles. The van der Waals surface area contributed by atoms with E-state index in [1.165, 1.54) is 0 Å². The van der Waals surface area contributed by atoms with Crippen molar-refractivity contribution in [2.45, 2.75) is 38.3 Å². The minimum atomic E-state index is -0.732. The number of likely N-dealkylation sites (N-methyl/N-ethyl adjacent to an activating group) is 2. The average molecular weight is 269 g/mol. The Morgan fingerprint density at radius 3 is 2.58 bits per heavy atom. The second-order valence-corrected chi connectivity index (χ2v) is 6.15. The smallest absolute Gasteiger partial charge is 0.325 e. The van der Waals surface area contributed by atoms with Gasteiger partial charge in [0.2, 0.25) is 0 Å². The average Bonchev–Trinajstić information content (AvgIpc) is 3.17. The molecule has 1 saturated heterocycles. The maximum atomic E-state index is 11.8. The number of carboxylic acid groups (broad SMARTS) is 1. The van der Waals surface area contributed by atoms with Crippen molar-refractivity contribution in [2.24, 2.45) is 5.92 Å². The molecule has 0 aromatic carbocycles. The predicted octanol–water partition coefficient (Wildman–Crippen LogP) is 0.465. The lowest BCUT2D eigenvalue weighted by atomic mass is 9.91. The van der Waals surface area contributed by atoms with Crippen molar-refractivity contribution in [3.05, 3.63) is 0 Å². The molecule has 2 atom stereocenters. The SMILES string of the molecule is CCNC(CN1CCN(C)C(C)C1)(C(=O)O)C1CC1. The predicted molar refractivity (Wildman–Crippen MR) is 75.3 cm³/mol. The standard InChI is InChI=1S/C14H27N3O2/c1-4-15-14(13(18)19,12-5-6-12)10-17-8-7-16(3)11(2)9-17/h11-12,15H,4-10H2,1-3H3,(H,18,19). The number of rotatable bonds is 6. The van der Waals surface area contributed by atoms with Gasteiger partial charge in [0.05, 0.1) is 0 Å². The van der Waals surface area contributed by atoms with E-state index < -0.39 is 11.5 Å². The maximum Gasteiger partial charge on any atom is 0.325 e. The van der Waals surface area contributed by atoms with Crippen molar-refractivity contribution in [1.82, 2.24) is 15.1 Å². The Morgan fingerprint density at radius 1 is 1.42 bits per heavy atom. The van der Waals surface area contributed by atoms with Crippen molar-refractivity contribution >= 4 is 5.97 Å². The Kier molecular flexibility index (Phi) is 4.48. The largest absolute Gasteiger partial charge is 0.480 e. The topological polar surface area (TPSA) is 55.8 Å². The molecule has 0 spiro atoms. The minimum absolute atomic E-state index is 0.305. The number of nitrogens with one attached hydrogen (secondary N) is 1. The first kappa shape index (κ1) is 14.8. The number of hydrogen-bond acceptors (Lipinski definition) is 4. The van der Waals surface area contributed by atoms with E-state index in [1.807, 2.05) is 6.92 Å². The van der Waals surface area contributed by atoms with E-state index in [0.29, 0.717) is 25.0 Å². The first-order chi connectivity index (χ1) is 8.99. The number of carbonyl (C=O) groups is 1. The first-order valence-electron chi connectivity index (χ1n) is 7.40.